The maximum absolute atomic E-state index is 12.4. The van der Waals surface area contributed by atoms with Gasteiger partial charge in [-0.25, -0.2) is 13.2 Å². The molecule has 0 atom stereocenters. The summed E-state index contributed by atoms with van der Waals surface area (Å²) in [5.74, 6) is -1.26. The van der Waals surface area contributed by atoms with Gasteiger partial charge in [0.1, 0.15) is 0 Å². The number of sulfone groups is 1. The minimum Gasteiger partial charge on any atom is -0.478 e. The molecule has 2 aromatic rings. The Labute approximate surface area is 124 Å². The van der Waals surface area contributed by atoms with E-state index in [1.165, 1.54) is 24.3 Å². The number of aromatic carboxylic acids is 1. The highest BCUT2D eigenvalue weighted by atomic mass is 127. The summed E-state index contributed by atoms with van der Waals surface area (Å²) < 4.78 is 25.6. The van der Waals surface area contributed by atoms with Crippen LogP contribution in [0.15, 0.2) is 58.3 Å². The van der Waals surface area contributed by atoms with Crippen LogP contribution in [0.5, 0.6) is 0 Å². The van der Waals surface area contributed by atoms with E-state index in [-0.39, 0.29) is 15.4 Å². The average Bonchev–Trinajstić information content (AvgIpc) is 2.39. The molecular formula is C13H9IO4S. The van der Waals surface area contributed by atoms with Crippen molar-refractivity contribution in [2.45, 2.75) is 9.79 Å². The Morgan fingerprint density at radius 1 is 1.05 bits per heavy atom. The van der Waals surface area contributed by atoms with Crippen LogP contribution in [0, 0.1) is 3.57 Å². The van der Waals surface area contributed by atoms with Crippen LogP contribution in [0.1, 0.15) is 10.4 Å². The SMILES string of the molecule is O=C(O)c1ccc(I)cc1S(=O)(=O)c1ccccc1. The maximum atomic E-state index is 12.4. The lowest BCUT2D eigenvalue weighted by molar-refractivity contribution is 0.0692. The molecule has 6 heteroatoms. The van der Waals surface area contributed by atoms with Crippen LogP contribution in [0.25, 0.3) is 0 Å². The first-order valence-corrected chi connectivity index (χ1v) is 7.82. The van der Waals surface area contributed by atoms with Gasteiger partial charge in [0.15, 0.2) is 0 Å². The number of rotatable bonds is 3. The maximum Gasteiger partial charge on any atom is 0.337 e. The molecule has 0 radical (unpaired) electrons. The van der Waals surface area contributed by atoms with Gasteiger partial charge in [-0.05, 0) is 52.9 Å². The Hall–Kier alpha value is -1.41. The van der Waals surface area contributed by atoms with Gasteiger partial charge in [0.05, 0.1) is 15.4 Å². The minimum atomic E-state index is -3.82. The van der Waals surface area contributed by atoms with E-state index in [0.717, 1.165) is 0 Å². The number of hydrogen-bond donors (Lipinski definition) is 1. The van der Waals surface area contributed by atoms with Crippen molar-refractivity contribution in [3.63, 3.8) is 0 Å². The first kappa shape index (κ1) is 14.0. The van der Waals surface area contributed by atoms with E-state index in [0.29, 0.717) is 3.57 Å². The fourth-order valence-electron chi connectivity index (χ4n) is 1.62. The van der Waals surface area contributed by atoms with Crippen molar-refractivity contribution < 1.29 is 18.3 Å². The lowest BCUT2D eigenvalue weighted by Crippen LogP contribution is -2.10. The summed E-state index contributed by atoms with van der Waals surface area (Å²) >= 11 is 1.95. The molecule has 0 heterocycles. The second kappa shape index (κ2) is 5.30. The van der Waals surface area contributed by atoms with E-state index < -0.39 is 15.8 Å². The fraction of sp³-hybridized carbons (Fsp3) is 0. The smallest absolute Gasteiger partial charge is 0.337 e. The predicted molar refractivity (Wildman–Crippen MR) is 78.0 cm³/mol. The molecule has 0 aromatic heterocycles. The zero-order valence-electron chi connectivity index (χ0n) is 9.58. The van der Waals surface area contributed by atoms with Crippen LogP contribution in [-0.4, -0.2) is 19.5 Å². The van der Waals surface area contributed by atoms with Gasteiger partial charge in [0.2, 0.25) is 9.84 Å². The molecule has 4 nitrogen and oxygen atoms in total. The molecule has 1 N–H and O–H groups in total. The van der Waals surface area contributed by atoms with Crippen LogP contribution >= 0.6 is 22.6 Å². The monoisotopic (exact) mass is 388 g/mol. The van der Waals surface area contributed by atoms with Gasteiger partial charge in [0, 0.05) is 3.57 Å². The standard InChI is InChI=1S/C13H9IO4S/c14-9-6-7-11(13(15)16)12(8-9)19(17,18)10-4-2-1-3-5-10/h1-8H,(H,15,16). The topological polar surface area (TPSA) is 71.4 Å². The van der Waals surface area contributed by atoms with Crippen LogP contribution in [0.4, 0.5) is 0 Å². The van der Waals surface area contributed by atoms with Gasteiger partial charge in [-0.3, -0.25) is 0 Å². The molecule has 0 fully saturated rings. The van der Waals surface area contributed by atoms with Crippen molar-refractivity contribution in [1.82, 2.24) is 0 Å². The van der Waals surface area contributed by atoms with Gasteiger partial charge >= 0.3 is 5.97 Å². The first-order valence-electron chi connectivity index (χ1n) is 5.26. The van der Waals surface area contributed by atoms with E-state index in [1.54, 1.807) is 24.3 Å². The first-order chi connectivity index (χ1) is 8.93. The van der Waals surface area contributed by atoms with Crippen LogP contribution in [-0.2, 0) is 9.84 Å². The van der Waals surface area contributed by atoms with E-state index in [4.69, 9.17) is 5.11 Å². The third-order valence-electron chi connectivity index (χ3n) is 2.52. The summed E-state index contributed by atoms with van der Waals surface area (Å²) in [5, 5.41) is 9.10. The van der Waals surface area contributed by atoms with E-state index >= 15 is 0 Å². The van der Waals surface area contributed by atoms with Crippen molar-refractivity contribution in [1.29, 1.82) is 0 Å². The van der Waals surface area contributed by atoms with E-state index in [1.807, 2.05) is 22.6 Å². The molecule has 98 valence electrons. The fourth-order valence-corrected chi connectivity index (χ4v) is 3.82. The lowest BCUT2D eigenvalue weighted by atomic mass is 10.2. The molecule has 19 heavy (non-hydrogen) atoms. The highest BCUT2D eigenvalue weighted by molar-refractivity contribution is 14.1. The largest absolute Gasteiger partial charge is 0.478 e. The summed E-state index contributed by atoms with van der Waals surface area (Å²) in [6, 6.07) is 12.0. The Morgan fingerprint density at radius 2 is 1.68 bits per heavy atom. The van der Waals surface area contributed by atoms with Gasteiger partial charge in [-0.15, -0.1) is 0 Å². The summed E-state index contributed by atoms with van der Waals surface area (Å²) in [4.78, 5) is 11.0. The number of carboxylic acid groups (broad SMARTS) is 1. The predicted octanol–water partition coefficient (Wildman–Crippen LogP) is 2.82. The van der Waals surface area contributed by atoms with Gasteiger partial charge in [-0.1, -0.05) is 18.2 Å². The molecule has 0 aliphatic heterocycles. The summed E-state index contributed by atoms with van der Waals surface area (Å²) in [6.07, 6.45) is 0. The van der Waals surface area contributed by atoms with E-state index in [2.05, 4.69) is 0 Å². The molecule has 0 spiro atoms. The Bertz CT molecular complexity index is 724. The van der Waals surface area contributed by atoms with Crippen LogP contribution < -0.4 is 0 Å². The molecule has 0 aliphatic carbocycles. The number of carbonyl (C=O) groups is 1. The van der Waals surface area contributed by atoms with Crippen molar-refractivity contribution >= 4 is 38.4 Å². The Kier molecular flexibility index (Phi) is 3.91. The van der Waals surface area contributed by atoms with E-state index in [9.17, 15) is 13.2 Å². The molecule has 0 unspecified atom stereocenters. The van der Waals surface area contributed by atoms with Crippen molar-refractivity contribution in [3.8, 4) is 0 Å². The van der Waals surface area contributed by atoms with Crippen molar-refractivity contribution in [3.05, 3.63) is 57.7 Å². The molecule has 0 amide bonds. The molecular weight excluding hydrogens is 379 g/mol. The molecule has 2 rings (SSSR count). The second-order valence-corrected chi connectivity index (χ2v) is 6.93. The summed E-state index contributed by atoms with van der Waals surface area (Å²) in [6.45, 7) is 0. The Balaban J connectivity index is 2.71. The average molecular weight is 388 g/mol. The quantitative estimate of drug-likeness (QED) is 0.821. The normalized spacial score (nSPS) is 11.2. The zero-order valence-corrected chi connectivity index (χ0v) is 12.6. The molecule has 0 saturated carbocycles. The van der Waals surface area contributed by atoms with Crippen molar-refractivity contribution in [2.24, 2.45) is 0 Å². The van der Waals surface area contributed by atoms with Gasteiger partial charge in [-0.2, -0.15) is 0 Å². The number of halogens is 1. The second-order valence-electron chi connectivity index (χ2n) is 3.76. The minimum absolute atomic E-state index is 0.0829. The summed E-state index contributed by atoms with van der Waals surface area (Å²) in [5.41, 5.74) is -0.218. The number of carboxylic acids is 1. The highest BCUT2D eigenvalue weighted by Crippen LogP contribution is 2.25. The third-order valence-corrected chi connectivity index (χ3v) is 5.00. The third kappa shape index (κ3) is 2.79. The number of benzene rings is 2. The molecule has 0 aliphatic rings. The lowest BCUT2D eigenvalue weighted by Gasteiger charge is -2.08. The number of hydrogen-bond acceptors (Lipinski definition) is 3. The highest BCUT2D eigenvalue weighted by Gasteiger charge is 2.24. The Morgan fingerprint density at radius 3 is 2.26 bits per heavy atom. The van der Waals surface area contributed by atoms with Gasteiger partial charge in [0.25, 0.3) is 0 Å². The van der Waals surface area contributed by atoms with Crippen LogP contribution in [0.3, 0.4) is 0 Å². The molecule has 2 aromatic carbocycles. The van der Waals surface area contributed by atoms with Crippen molar-refractivity contribution in [2.75, 3.05) is 0 Å². The molecule has 0 saturated heterocycles. The summed E-state index contributed by atoms with van der Waals surface area (Å²) in [7, 11) is -3.82. The zero-order chi connectivity index (χ0) is 14.0. The van der Waals surface area contributed by atoms with Gasteiger partial charge < -0.3 is 5.11 Å². The van der Waals surface area contributed by atoms with Crippen LogP contribution in [0.2, 0.25) is 0 Å². The molecule has 0 bridgehead atoms.